The van der Waals surface area contributed by atoms with Crippen LogP contribution in [0.15, 0.2) is 60.7 Å². The second-order valence-corrected chi connectivity index (χ2v) is 5.02. The Morgan fingerprint density at radius 2 is 1.63 bits per heavy atom. The van der Waals surface area contributed by atoms with Crippen molar-refractivity contribution in [1.82, 2.24) is 4.90 Å². The zero-order chi connectivity index (χ0) is 13.1. The summed E-state index contributed by atoms with van der Waals surface area (Å²) in [6.07, 6.45) is 0.172. The van der Waals surface area contributed by atoms with Crippen molar-refractivity contribution in [2.45, 2.75) is 25.7 Å². The van der Waals surface area contributed by atoms with E-state index in [-0.39, 0.29) is 6.23 Å². The van der Waals surface area contributed by atoms with E-state index in [1.807, 2.05) is 0 Å². The Kier molecular flexibility index (Phi) is 3.62. The zero-order valence-corrected chi connectivity index (χ0v) is 11.2. The van der Waals surface area contributed by atoms with Crippen LogP contribution in [0, 0.1) is 0 Å². The quantitative estimate of drug-likeness (QED) is 0.828. The molecule has 2 nitrogen and oxygen atoms in total. The molecule has 0 aliphatic carbocycles. The monoisotopic (exact) mass is 253 g/mol. The summed E-state index contributed by atoms with van der Waals surface area (Å²) in [6.45, 7) is 3.84. The van der Waals surface area contributed by atoms with Crippen LogP contribution in [0.25, 0.3) is 0 Å². The van der Waals surface area contributed by atoms with Crippen molar-refractivity contribution < 1.29 is 4.74 Å². The van der Waals surface area contributed by atoms with E-state index in [2.05, 4.69) is 72.5 Å². The van der Waals surface area contributed by atoms with Crippen LogP contribution < -0.4 is 0 Å². The van der Waals surface area contributed by atoms with Gasteiger partial charge in [0.25, 0.3) is 0 Å². The van der Waals surface area contributed by atoms with E-state index >= 15 is 0 Å². The molecule has 1 heterocycles. The average molecular weight is 253 g/mol. The van der Waals surface area contributed by atoms with Crippen LogP contribution in [0.1, 0.15) is 24.1 Å². The third-order valence-electron chi connectivity index (χ3n) is 3.75. The Labute approximate surface area is 114 Å². The normalized spacial score (nSPS) is 23.6. The van der Waals surface area contributed by atoms with Crippen LogP contribution in [0.4, 0.5) is 0 Å². The minimum atomic E-state index is 0.172. The van der Waals surface area contributed by atoms with E-state index in [0.29, 0.717) is 6.04 Å². The summed E-state index contributed by atoms with van der Waals surface area (Å²) in [7, 11) is 0. The topological polar surface area (TPSA) is 12.5 Å². The molecule has 1 fully saturated rings. The Hall–Kier alpha value is -1.64. The van der Waals surface area contributed by atoms with Gasteiger partial charge in [-0.15, -0.1) is 0 Å². The minimum absolute atomic E-state index is 0.172. The molecule has 0 unspecified atom stereocenters. The summed E-state index contributed by atoms with van der Waals surface area (Å²) in [5.74, 6) is 0. The van der Waals surface area contributed by atoms with Gasteiger partial charge in [-0.2, -0.15) is 0 Å². The van der Waals surface area contributed by atoms with E-state index in [9.17, 15) is 0 Å². The van der Waals surface area contributed by atoms with Crippen LogP contribution in [-0.2, 0) is 11.3 Å². The summed E-state index contributed by atoms with van der Waals surface area (Å²) >= 11 is 0. The maximum absolute atomic E-state index is 5.83. The molecule has 1 aliphatic rings. The summed E-state index contributed by atoms with van der Waals surface area (Å²) < 4.78 is 5.83. The van der Waals surface area contributed by atoms with Crippen LogP contribution in [0.5, 0.6) is 0 Å². The molecule has 2 heteroatoms. The molecule has 0 saturated carbocycles. The molecule has 0 N–H and O–H groups in total. The second kappa shape index (κ2) is 5.55. The molecular formula is C17H19NO. The molecular weight excluding hydrogens is 234 g/mol. The molecule has 0 spiro atoms. The number of hydrogen-bond acceptors (Lipinski definition) is 2. The first-order valence-corrected chi connectivity index (χ1v) is 6.81. The van der Waals surface area contributed by atoms with Gasteiger partial charge in [0.1, 0.15) is 6.23 Å². The second-order valence-electron chi connectivity index (χ2n) is 5.02. The fourth-order valence-corrected chi connectivity index (χ4v) is 2.67. The molecule has 98 valence electrons. The highest BCUT2D eigenvalue weighted by molar-refractivity contribution is 5.21. The van der Waals surface area contributed by atoms with Gasteiger partial charge in [0.05, 0.1) is 12.6 Å². The fourth-order valence-electron chi connectivity index (χ4n) is 2.67. The maximum Gasteiger partial charge on any atom is 0.108 e. The van der Waals surface area contributed by atoms with Gasteiger partial charge < -0.3 is 4.74 Å². The van der Waals surface area contributed by atoms with Crippen molar-refractivity contribution in [2.24, 2.45) is 0 Å². The van der Waals surface area contributed by atoms with Gasteiger partial charge in [-0.1, -0.05) is 60.7 Å². The van der Waals surface area contributed by atoms with E-state index in [0.717, 1.165) is 13.2 Å². The molecule has 0 radical (unpaired) electrons. The van der Waals surface area contributed by atoms with Crippen molar-refractivity contribution in [3.63, 3.8) is 0 Å². The molecule has 1 aliphatic heterocycles. The minimum Gasteiger partial charge on any atom is -0.361 e. The van der Waals surface area contributed by atoms with Crippen LogP contribution in [0.3, 0.4) is 0 Å². The molecule has 2 aromatic rings. The maximum atomic E-state index is 5.83. The first-order valence-electron chi connectivity index (χ1n) is 6.81. The Bertz CT molecular complexity index is 511. The zero-order valence-electron chi connectivity index (χ0n) is 11.2. The summed E-state index contributed by atoms with van der Waals surface area (Å²) in [4.78, 5) is 2.42. The van der Waals surface area contributed by atoms with Gasteiger partial charge in [0.15, 0.2) is 0 Å². The highest BCUT2D eigenvalue weighted by atomic mass is 16.5. The van der Waals surface area contributed by atoms with Crippen LogP contribution in [0.2, 0.25) is 0 Å². The van der Waals surface area contributed by atoms with Crippen LogP contribution >= 0.6 is 0 Å². The fraction of sp³-hybridized carbons (Fsp3) is 0.294. The predicted molar refractivity (Wildman–Crippen MR) is 76.6 cm³/mol. The standard InChI is InChI=1S/C17H19NO/c1-14-18(12-15-8-4-2-5-9-15)17(13-19-14)16-10-6-3-7-11-16/h2-11,14,17H,12-13H2,1H3/t14-,17-/m0/s1. The third kappa shape index (κ3) is 2.70. The largest absolute Gasteiger partial charge is 0.361 e. The lowest BCUT2D eigenvalue weighted by Gasteiger charge is -2.26. The smallest absolute Gasteiger partial charge is 0.108 e. The SMILES string of the molecule is C[C@@H]1OC[C@@H](c2ccccc2)N1Cc1ccccc1. The van der Waals surface area contributed by atoms with Crippen molar-refractivity contribution in [3.8, 4) is 0 Å². The molecule has 1 saturated heterocycles. The van der Waals surface area contributed by atoms with Gasteiger partial charge in [-0.05, 0) is 18.1 Å². The Balaban J connectivity index is 1.81. The summed E-state index contributed by atoms with van der Waals surface area (Å²) in [6, 6.07) is 21.6. The summed E-state index contributed by atoms with van der Waals surface area (Å²) in [5.41, 5.74) is 2.67. The van der Waals surface area contributed by atoms with Gasteiger partial charge in [-0.25, -0.2) is 0 Å². The molecule has 0 bridgehead atoms. The molecule has 3 rings (SSSR count). The first-order chi connectivity index (χ1) is 9.34. The van der Waals surface area contributed by atoms with E-state index in [4.69, 9.17) is 4.74 Å². The van der Waals surface area contributed by atoms with Gasteiger partial charge >= 0.3 is 0 Å². The predicted octanol–water partition coefficient (Wildman–Crippen LogP) is 3.61. The van der Waals surface area contributed by atoms with Crippen molar-refractivity contribution in [1.29, 1.82) is 0 Å². The van der Waals surface area contributed by atoms with Gasteiger partial charge in [0.2, 0.25) is 0 Å². The number of benzene rings is 2. The van der Waals surface area contributed by atoms with E-state index in [1.54, 1.807) is 0 Å². The summed E-state index contributed by atoms with van der Waals surface area (Å²) in [5, 5.41) is 0. The lowest BCUT2D eigenvalue weighted by atomic mass is 10.1. The molecule has 2 aromatic carbocycles. The Morgan fingerprint density at radius 1 is 1.00 bits per heavy atom. The number of hydrogen-bond donors (Lipinski definition) is 0. The Morgan fingerprint density at radius 3 is 2.32 bits per heavy atom. The lowest BCUT2D eigenvalue weighted by molar-refractivity contribution is 0.0419. The van der Waals surface area contributed by atoms with Gasteiger partial charge in [-0.3, -0.25) is 4.90 Å². The van der Waals surface area contributed by atoms with Crippen molar-refractivity contribution in [2.75, 3.05) is 6.61 Å². The average Bonchev–Trinajstić information content (AvgIpc) is 2.82. The van der Waals surface area contributed by atoms with E-state index in [1.165, 1.54) is 11.1 Å². The molecule has 19 heavy (non-hydrogen) atoms. The molecule has 0 aromatic heterocycles. The van der Waals surface area contributed by atoms with Gasteiger partial charge in [0, 0.05) is 6.54 Å². The van der Waals surface area contributed by atoms with Crippen LogP contribution in [-0.4, -0.2) is 17.7 Å². The molecule has 2 atom stereocenters. The highest BCUT2D eigenvalue weighted by Gasteiger charge is 2.32. The number of nitrogens with zero attached hydrogens (tertiary/aromatic N) is 1. The number of rotatable bonds is 3. The highest BCUT2D eigenvalue weighted by Crippen LogP contribution is 2.31. The third-order valence-corrected chi connectivity index (χ3v) is 3.75. The first kappa shape index (κ1) is 12.4. The molecule has 0 amide bonds. The van der Waals surface area contributed by atoms with E-state index < -0.39 is 0 Å². The number of ether oxygens (including phenoxy) is 1. The van der Waals surface area contributed by atoms with Crippen molar-refractivity contribution in [3.05, 3.63) is 71.8 Å². The van der Waals surface area contributed by atoms with Crippen molar-refractivity contribution >= 4 is 0 Å². The lowest BCUT2D eigenvalue weighted by Crippen LogP contribution is -2.29.